The first kappa shape index (κ1) is 8.31. The van der Waals surface area contributed by atoms with Crippen molar-refractivity contribution in [3.63, 3.8) is 0 Å². The van der Waals surface area contributed by atoms with Crippen molar-refractivity contribution in [2.45, 2.75) is 6.61 Å². The predicted octanol–water partition coefficient (Wildman–Crippen LogP) is 1.89. The Morgan fingerprint density at radius 1 is 1.46 bits per heavy atom. The molecule has 0 aliphatic carbocycles. The van der Waals surface area contributed by atoms with Crippen molar-refractivity contribution in [3.05, 3.63) is 23.8 Å². The van der Waals surface area contributed by atoms with E-state index in [0.29, 0.717) is 6.61 Å². The van der Waals surface area contributed by atoms with E-state index in [2.05, 4.69) is 0 Å². The second-order valence-corrected chi connectivity index (χ2v) is 2.91. The molecule has 0 atom stereocenters. The number of hydrogen-bond acceptors (Lipinski definition) is 4. The summed E-state index contributed by atoms with van der Waals surface area (Å²) >= 11 is 4.78. The summed E-state index contributed by atoms with van der Waals surface area (Å²) in [4.78, 5) is 0. The third kappa shape index (κ3) is 1.45. The van der Waals surface area contributed by atoms with Crippen LogP contribution < -0.4 is 9.47 Å². The summed E-state index contributed by atoms with van der Waals surface area (Å²) in [5, 5.41) is 0.167. The maximum atomic E-state index is 5.20. The van der Waals surface area contributed by atoms with Crippen molar-refractivity contribution in [2.75, 3.05) is 7.11 Å². The standard InChI is InChI=1S/C9H8O3S/c1-10-7-3-2-4-8-6(7)5-11-9(13)12-8/h2-4H,5H2,1H3. The average molecular weight is 196 g/mol. The highest BCUT2D eigenvalue weighted by Crippen LogP contribution is 2.31. The summed E-state index contributed by atoms with van der Waals surface area (Å²) in [6.45, 7) is 0.415. The lowest BCUT2D eigenvalue weighted by molar-refractivity contribution is 0.205. The number of benzene rings is 1. The fourth-order valence-electron chi connectivity index (χ4n) is 1.22. The van der Waals surface area contributed by atoms with Crippen LogP contribution >= 0.6 is 12.2 Å². The average Bonchev–Trinajstić information content (AvgIpc) is 2.16. The fourth-order valence-corrected chi connectivity index (χ4v) is 1.37. The molecule has 0 aromatic heterocycles. The number of rotatable bonds is 1. The molecule has 1 aromatic rings. The van der Waals surface area contributed by atoms with Crippen LogP contribution in [0.5, 0.6) is 11.5 Å². The van der Waals surface area contributed by atoms with E-state index in [0.717, 1.165) is 17.1 Å². The molecule has 4 heteroatoms. The topological polar surface area (TPSA) is 27.7 Å². The van der Waals surface area contributed by atoms with E-state index in [1.807, 2.05) is 18.2 Å². The highest BCUT2D eigenvalue weighted by molar-refractivity contribution is 7.79. The van der Waals surface area contributed by atoms with Crippen LogP contribution in [0.3, 0.4) is 0 Å². The summed E-state index contributed by atoms with van der Waals surface area (Å²) in [7, 11) is 1.61. The molecule has 2 rings (SSSR count). The van der Waals surface area contributed by atoms with Crippen LogP contribution in [-0.2, 0) is 11.3 Å². The first-order valence-electron chi connectivity index (χ1n) is 3.82. The van der Waals surface area contributed by atoms with Crippen LogP contribution in [0.4, 0.5) is 0 Å². The van der Waals surface area contributed by atoms with Gasteiger partial charge in [-0.1, -0.05) is 6.07 Å². The van der Waals surface area contributed by atoms with Crippen LogP contribution in [-0.4, -0.2) is 12.3 Å². The van der Waals surface area contributed by atoms with Gasteiger partial charge in [0.15, 0.2) is 0 Å². The third-order valence-corrected chi connectivity index (χ3v) is 2.04. The molecule has 1 aliphatic heterocycles. The number of methoxy groups -OCH3 is 1. The smallest absolute Gasteiger partial charge is 0.358 e. The zero-order chi connectivity index (χ0) is 9.26. The predicted molar refractivity (Wildman–Crippen MR) is 51.0 cm³/mol. The first-order chi connectivity index (χ1) is 6.31. The molecule has 0 radical (unpaired) electrons. The molecule has 1 aliphatic rings. The molecule has 0 fully saturated rings. The van der Waals surface area contributed by atoms with Gasteiger partial charge in [0.05, 0.1) is 12.7 Å². The minimum Gasteiger partial charge on any atom is -0.496 e. The van der Waals surface area contributed by atoms with Gasteiger partial charge in [-0.05, 0) is 12.1 Å². The molecular formula is C9H8O3S. The largest absolute Gasteiger partial charge is 0.496 e. The Morgan fingerprint density at radius 3 is 3.08 bits per heavy atom. The van der Waals surface area contributed by atoms with Crippen molar-refractivity contribution in [1.29, 1.82) is 0 Å². The highest BCUT2D eigenvalue weighted by Gasteiger charge is 2.18. The maximum Gasteiger partial charge on any atom is 0.358 e. The van der Waals surface area contributed by atoms with E-state index in [1.54, 1.807) is 7.11 Å². The van der Waals surface area contributed by atoms with Crippen molar-refractivity contribution >= 4 is 17.5 Å². The van der Waals surface area contributed by atoms with Gasteiger partial charge in [-0.3, -0.25) is 0 Å². The highest BCUT2D eigenvalue weighted by atomic mass is 32.1. The summed E-state index contributed by atoms with van der Waals surface area (Å²) in [5.74, 6) is 1.48. The van der Waals surface area contributed by atoms with Gasteiger partial charge in [-0.15, -0.1) is 0 Å². The van der Waals surface area contributed by atoms with E-state index < -0.39 is 0 Å². The van der Waals surface area contributed by atoms with Gasteiger partial charge in [0.25, 0.3) is 0 Å². The molecule has 0 spiro atoms. The van der Waals surface area contributed by atoms with Gasteiger partial charge in [0, 0.05) is 12.2 Å². The van der Waals surface area contributed by atoms with E-state index >= 15 is 0 Å². The summed E-state index contributed by atoms with van der Waals surface area (Å²) in [5.41, 5.74) is 0.901. The van der Waals surface area contributed by atoms with Crippen molar-refractivity contribution in [1.82, 2.24) is 0 Å². The zero-order valence-electron chi connectivity index (χ0n) is 7.07. The Morgan fingerprint density at radius 2 is 2.31 bits per heavy atom. The molecule has 0 saturated heterocycles. The van der Waals surface area contributed by atoms with Gasteiger partial charge >= 0.3 is 5.24 Å². The summed E-state index contributed by atoms with van der Waals surface area (Å²) in [6.07, 6.45) is 0. The monoisotopic (exact) mass is 196 g/mol. The van der Waals surface area contributed by atoms with Crippen LogP contribution in [0.25, 0.3) is 0 Å². The van der Waals surface area contributed by atoms with Gasteiger partial charge in [0.2, 0.25) is 0 Å². The number of thiocarbonyl (C=S) groups is 1. The van der Waals surface area contributed by atoms with E-state index in [9.17, 15) is 0 Å². The lowest BCUT2D eigenvalue weighted by Crippen LogP contribution is -2.17. The number of hydrogen-bond donors (Lipinski definition) is 0. The van der Waals surface area contributed by atoms with Crippen molar-refractivity contribution in [3.8, 4) is 11.5 Å². The van der Waals surface area contributed by atoms with Gasteiger partial charge < -0.3 is 14.2 Å². The minimum absolute atomic E-state index is 0.167. The first-order valence-corrected chi connectivity index (χ1v) is 4.22. The Labute approximate surface area is 81.2 Å². The molecule has 0 N–H and O–H groups in total. The summed E-state index contributed by atoms with van der Waals surface area (Å²) in [6, 6.07) is 5.55. The lowest BCUT2D eigenvalue weighted by Gasteiger charge is -2.19. The van der Waals surface area contributed by atoms with Crippen LogP contribution in [0.15, 0.2) is 18.2 Å². The molecule has 13 heavy (non-hydrogen) atoms. The van der Waals surface area contributed by atoms with E-state index in [4.69, 9.17) is 26.4 Å². The minimum atomic E-state index is 0.167. The zero-order valence-corrected chi connectivity index (χ0v) is 7.89. The SMILES string of the molecule is COc1cccc2c1COC(=S)O2. The van der Waals surface area contributed by atoms with Crippen LogP contribution in [0.1, 0.15) is 5.56 Å². The van der Waals surface area contributed by atoms with Crippen LogP contribution in [0.2, 0.25) is 0 Å². The molecule has 68 valence electrons. The number of ether oxygens (including phenoxy) is 3. The number of fused-ring (bicyclic) bond motifs is 1. The summed E-state index contributed by atoms with van der Waals surface area (Å²) < 4.78 is 15.4. The Balaban J connectivity index is 2.45. The second kappa shape index (κ2) is 3.22. The Bertz CT molecular complexity index is 349. The van der Waals surface area contributed by atoms with E-state index in [-0.39, 0.29) is 5.24 Å². The Hall–Kier alpha value is -1.29. The molecular weight excluding hydrogens is 188 g/mol. The normalized spacial score (nSPS) is 14.1. The fraction of sp³-hybridized carbons (Fsp3) is 0.222. The third-order valence-electron chi connectivity index (χ3n) is 1.84. The second-order valence-electron chi connectivity index (χ2n) is 2.58. The van der Waals surface area contributed by atoms with Gasteiger partial charge in [0.1, 0.15) is 18.1 Å². The van der Waals surface area contributed by atoms with Crippen LogP contribution in [0, 0.1) is 0 Å². The lowest BCUT2D eigenvalue weighted by atomic mass is 10.2. The molecule has 1 heterocycles. The molecule has 0 saturated carbocycles. The van der Waals surface area contributed by atoms with Gasteiger partial charge in [-0.25, -0.2) is 0 Å². The molecule has 1 aromatic carbocycles. The molecule has 0 unspecified atom stereocenters. The van der Waals surface area contributed by atoms with Gasteiger partial charge in [-0.2, -0.15) is 0 Å². The Kier molecular flexibility index (Phi) is 2.06. The van der Waals surface area contributed by atoms with Crippen molar-refractivity contribution in [2.24, 2.45) is 0 Å². The van der Waals surface area contributed by atoms with Crippen molar-refractivity contribution < 1.29 is 14.2 Å². The molecule has 0 amide bonds. The maximum absolute atomic E-state index is 5.20. The molecule has 0 bridgehead atoms. The quantitative estimate of drug-likeness (QED) is 0.641. The molecule has 3 nitrogen and oxygen atoms in total. The van der Waals surface area contributed by atoms with E-state index in [1.165, 1.54) is 0 Å².